The van der Waals surface area contributed by atoms with Gasteiger partial charge in [0.2, 0.25) is 0 Å². The molecule has 2 nitrogen and oxygen atoms in total. The van der Waals surface area contributed by atoms with Crippen LogP contribution in [0.3, 0.4) is 0 Å². The van der Waals surface area contributed by atoms with Crippen molar-refractivity contribution >= 4 is 0 Å². The highest BCUT2D eigenvalue weighted by Gasteiger charge is 2.27. The van der Waals surface area contributed by atoms with E-state index in [0.29, 0.717) is 0 Å². The third-order valence-electron chi connectivity index (χ3n) is 4.32. The number of nitrogens with one attached hydrogen (secondary N) is 1. The van der Waals surface area contributed by atoms with E-state index in [-0.39, 0.29) is 6.10 Å². The van der Waals surface area contributed by atoms with Gasteiger partial charge in [-0.25, -0.2) is 0 Å². The van der Waals surface area contributed by atoms with Gasteiger partial charge in [0.15, 0.2) is 0 Å². The first-order valence-electron chi connectivity index (χ1n) is 7.24. The van der Waals surface area contributed by atoms with Crippen molar-refractivity contribution in [2.45, 2.75) is 32.3 Å². The lowest BCUT2D eigenvalue weighted by molar-refractivity contribution is 0.0419. The Morgan fingerprint density at radius 1 is 1.33 bits per heavy atom. The Bertz CT molecular complexity index is 400. The van der Waals surface area contributed by atoms with Gasteiger partial charge in [-0.1, -0.05) is 31.2 Å². The normalized spacial score (nSPS) is 24.6. The fourth-order valence-corrected chi connectivity index (χ4v) is 2.92. The van der Waals surface area contributed by atoms with Gasteiger partial charge in [-0.2, -0.15) is 0 Å². The maximum atomic E-state index is 5.90. The molecule has 1 fully saturated rings. The predicted octanol–water partition coefficient (Wildman–Crippen LogP) is 2.94. The maximum Gasteiger partial charge on any atom is 0.0952 e. The summed E-state index contributed by atoms with van der Waals surface area (Å²) >= 11 is 0. The van der Waals surface area contributed by atoms with Crippen LogP contribution >= 0.6 is 0 Å². The molecule has 0 saturated heterocycles. The van der Waals surface area contributed by atoms with E-state index in [2.05, 4.69) is 36.5 Å². The van der Waals surface area contributed by atoms with Gasteiger partial charge in [0.05, 0.1) is 12.7 Å². The quantitative estimate of drug-likeness (QED) is 0.861. The van der Waals surface area contributed by atoms with Crippen LogP contribution in [0.1, 0.15) is 37.0 Å². The summed E-state index contributed by atoms with van der Waals surface area (Å²) in [5.74, 6) is 1.81. The zero-order chi connectivity index (χ0) is 12.4. The van der Waals surface area contributed by atoms with Crippen LogP contribution in [-0.2, 0) is 11.2 Å². The van der Waals surface area contributed by atoms with Crippen molar-refractivity contribution in [1.29, 1.82) is 0 Å². The molecule has 0 amide bonds. The van der Waals surface area contributed by atoms with Crippen LogP contribution in [0.15, 0.2) is 24.3 Å². The summed E-state index contributed by atoms with van der Waals surface area (Å²) in [6.07, 6.45) is 4.18. The summed E-state index contributed by atoms with van der Waals surface area (Å²) in [6, 6.07) is 8.69. The van der Waals surface area contributed by atoms with Gasteiger partial charge in [-0.15, -0.1) is 0 Å². The SMILES string of the molecule is CC(CNCC1OCCc2ccccc21)C1CC1. The monoisotopic (exact) mass is 245 g/mol. The minimum Gasteiger partial charge on any atom is -0.372 e. The van der Waals surface area contributed by atoms with Gasteiger partial charge >= 0.3 is 0 Å². The van der Waals surface area contributed by atoms with E-state index in [1.807, 2.05) is 0 Å². The number of benzene rings is 1. The zero-order valence-corrected chi connectivity index (χ0v) is 11.2. The second kappa shape index (κ2) is 5.41. The fourth-order valence-electron chi connectivity index (χ4n) is 2.92. The van der Waals surface area contributed by atoms with Crippen molar-refractivity contribution in [3.63, 3.8) is 0 Å². The Balaban J connectivity index is 1.53. The lowest BCUT2D eigenvalue weighted by atomic mass is 9.97. The first-order chi connectivity index (χ1) is 8.84. The summed E-state index contributed by atoms with van der Waals surface area (Å²) in [7, 11) is 0. The number of hydrogen-bond donors (Lipinski definition) is 1. The summed E-state index contributed by atoms with van der Waals surface area (Å²) in [6.45, 7) is 5.31. The lowest BCUT2D eigenvalue weighted by Gasteiger charge is -2.26. The number of fused-ring (bicyclic) bond motifs is 1. The van der Waals surface area contributed by atoms with Crippen LogP contribution in [0.25, 0.3) is 0 Å². The van der Waals surface area contributed by atoms with Gasteiger partial charge in [0.25, 0.3) is 0 Å². The molecule has 1 aliphatic heterocycles. The van der Waals surface area contributed by atoms with Crippen molar-refractivity contribution in [3.05, 3.63) is 35.4 Å². The van der Waals surface area contributed by atoms with Crippen LogP contribution in [0.5, 0.6) is 0 Å². The van der Waals surface area contributed by atoms with E-state index in [1.54, 1.807) is 0 Å². The molecule has 2 unspecified atom stereocenters. The van der Waals surface area contributed by atoms with E-state index in [9.17, 15) is 0 Å². The smallest absolute Gasteiger partial charge is 0.0952 e. The Kier molecular flexibility index (Phi) is 3.67. The Morgan fingerprint density at radius 2 is 2.17 bits per heavy atom. The average Bonchev–Trinajstić information content (AvgIpc) is 3.23. The molecule has 0 spiro atoms. The Labute approximate surface area is 110 Å². The second-order valence-corrected chi connectivity index (χ2v) is 5.78. The van der Waals surface area contributed by atoms with Gasteiger partial charge < -0.3 is 10.1 Å². The van der Waals surface area contributed by atoms with Crippen LogP contribution in [0.4, 0.5) is 0 Å². The average molecular weight is 245 g/mol. The van der Waals surface area contributed by atoms with Crippen LogP contribution in [0, 0.1) is 11.8 Å². The highest BCUT2D eigenvalue weighted by Crippen LogP contribution is 2.36. The highest BCUT2D eigenvalue weighted by atomic mass is 16.5. The molecule has 0 bridgehead atoms. The Morgan fingerprint density at radius 3 is 3.00 bits per heavy atom. The number of hydrogen-bond acceptors (Lipinski definition) is 2. The van der Waals surface area contributed by atoms with Gasteiger partial charge in [-0.3, -0.25) is 0 Å². The molecule has 3 rings (SSSR count). The Hall–Kier alpha value is -0.860. The van der Waals surface area contributed by atoms with Crippen molar-refractivity contribution < 1.29 is 4.74 Å². The van der Waals surface area contributed by atoms with E-state index in [1.165, 1.54) is 24.0 Å². The molecule has 1 aliphatic carbocycles. The highest BCUT2D eigenvalue weighted by molar-refractivity contribution is 5.31. The minimum absolute atomic E-state index is 0.251. The predicted molar refractivity (Wildman–Crippen MR) is 73.6 cm³/mol. The first-order valence-corrected chi connectivity index (χ1v) is 7.24. The summed E-state index contributed by atoms with van der Waals surface area (Å²) in [5.41, 5.74) is 2.85. The number of rotatable bonds is 5. The van der Waals surface area contributed by atoms with E-state index >= 15 is 0 Å². The molecular formula is C16H23NO. The van der Waals surface area contributed by atoms with Crippen molar-refractivity contribution in [2.24, 2.45) is 11.8 Å². The number of ether oxygens (including phenoxy) is 1. The van der Waals surface area contributed by atoms with E-state index in [0.717, 1.165) is 38.0 Å². The van der Waals surface area contributed by atoms with Gasteiger partial charge in [0, 0.05) is 6.54 Å². The summed E-state index contributed by atoms with van der Waals surface area (Å²) in [5, 5.41) is 3.59. The lowest BCUT2D eigenvalue weighted by Crippen LogP contribution is -2.30. The molecule has 0 aromatic heterocycles. The zero-order valence-electron chi connectivity index (χ0n) is 11.2. The van der Waals surface area contributed by atoms with Crippen LogP contribution in [0.2, 0.25) is 0 Å². The standard InChI is InChI=1S/C16H23NO/c1-12(13-6-7-13)10-17-11-16-15-5-3-2-4-14(15)8-9-18-16/h2-5,12-13,16-17H,6-11H2,1H3. The fraction of sp³-hybridized carbons (Fsp3) is 0.625. The molecule has 1 aromatic rings. The molecule has 2 atom stereocenters. The largest absolute Gasteiger partial charge is 0.372 e. The molecule has 0 radical (unpaired) electrons. The third-order valence-corrected chi connectivity index (χ3v) is 4.32. The van der Waals surface area contributed by atoms with Gasteiger partial charge in [-0.05, 0) is 48.8 Å². The third kappa shape index (κ3) is 2.76. The molecule has 1 saturated carbocycles. The van der Waals surface area contributed by atoms with Crippen molar-refractivity contribution in [3.8, 4) is 0 Å². The molecule has 98 valence electrons. The van der Waals surface area contributed by atoms with Crippen molar-refractivity contribution in [1.82, 2.24) is 5.32 Å². The molecule has 2 aliphatic rings. The van der Waals surface area contributed by atoms with E-state index < -0.39 is 0 Å². The molecule has 1 aromatic carbocycles. The molecule has 1 N–H and O–H groups in total. The van der Waals surface area contributed by atoms with Crippen LogP contribution < -0.4 is 5.32 Å². The molecular weight excluding hydrogens is 222 g/mol. The summed E-state index contributed by atoms with van der Waals surface area (Å²) < 4.78 is 5.90. The minimum atomic E-state index is 0.251. The molecule has 18 heavy (non-hydrogen) atoms. The van der Waals surface area contributed by atoms with Crippen LogP contribution in [-0.4, -0.2) is 19.7 Å². The van der Waals surface area contributed by atoms with Crippen molar-refractivity contribution in [2.75, 3.05) is 19.7 Å². The van der Waals surface area contributed by atoms with Gasteiger partial charge in [0.1, 0.15) is 0 Å². The van der Waals surface area contributed by atoms with E-state index in [4.69, 9.17) is 4.74 Å². The second-order valence-electron chi connectivity index (χ2n) is 5.78. The molecule has 2 heteroatoms. The topological polar surface area (TPSA) is 21.3 Å². The summed E-state index contributed by atoms with van der Waals surface area (Å²) in [4.78, 5) is 0. The maximum absolute atomic E-state index is 5.90. The molecule has 1 heterocycles. The first kappa shape index (κ1) is 12.2.